The molecule has 13 N–H and O–H groups in total. The van der Waals surface area contributed by atoms with Crippen molar-refractivity contribution in [1.82, 2.24) is 0 Å². The van der Waals surface area contributed by atoms with Crippen LogP contribution in [0, 0.1) is 0 Å². The molecule has 0 amide bonds. The second kappa shape index (κ2) is 25.2. The van der Waals surface area contributed by atoms with E-state index in [1.807, 2.05) is 0 Å². The summed E-state index contributed by atoms with van der Waals surface area (Å²) >= 11 is 0. The largest absolute Gasteiger partial charge is 0.508 e. The quantitative estimate of drug-likeness (QED) is 0.0544. The average Bonchev–Trinajstić information content (AvgIpc) is 3.49. The second-order valence-corrected chi connectivity index (χ2v) is 18.3. The summed E-state index contributed by atoms with van der Waals surface area (Å²) in [6, 6.07) is 13.8. The molecule has 8 rings (SSSR count). The van der Waals surface area contributed by atoms with Gasteiger partial charge in [0.05, 0.1) is 27.4 Å². The maximum absolute atomic E-state index is 13.4. The zero-order chi connectivity index (χ0) is 56.8. The fourth-order valence-electron chi connectivity index (χ4n) is 8.76. The fraction of sp³-hybridized carbons (Fsp3) is 0.396. The van der Waals surface area contributed by atoms with Crippen LogP contribution in [0.4, 0.5) is 0 Å². The molecule has 0 bridgehead atoms. The number of aliphatic hydroxyl groups excluding tert-OH is 10. The number of rotatable bonds is 18. The van der Waals surface area contributed by atoms with Crippen molar-refractivity contribution in [2.75, 3.05) is 34.0 Å². The van der Waals surface area contributed by atoms with Crippen LogP contribution in [0.1, 0.15) is 16.7 Å². The summed E-state index contributed by atoms with van der Waals surface area (Å²) in [7, 11) is 2.64. The van der Waals surface area contributed by atoms with Crippen molar-refractivity contribution in [1.29, 1.82) is 0 Å². The molecule has 3 aromatic rings. The molecule has 1 aliphatic carbocycles. The van der Waals surface area contributed by atoms with Gasteiger partial charge in [-0.05, 0) is 77.9 Å². The Bertz CT molecular complexity index is 2840. The van der Waals surface area contributed by atoms with E-state index in [4.69, 9.17) is 52.1 Å². The number of ether oxygens (including phenoxy) is 11. The summed E-state index contributed by atoms with van der Waals surface area (Å²) in [5.41, 5.74) is 0.971. The zero-order valence-corrected chi connectivity index (χ0v) is 41.8. The molecule has 426 valence electrons. The van der Waals surface area contributed by atoms with Gasteiger partial charge in [-0.2, -0.15) is 0 Å². The number of carbonyl (C=O) groups is 2. The van der Waals surface area contributed by atoms with Crippen LogP contribution >= 0.6 is 0 Å². The van der Waals surface area contributed by atoms with E-state index in [0.717, 1.165) is 18.2 Å². The molecule has 26 heteroatoms. The molecule has 79 heavy (non-hydrogen) atoms. The van der Waals surface area contributed by atoms with E-state index in [1.165, 1.54) is 99.2 Å². The van der Waals surface area contributed by atoms with E-state index in [1.54, 1.807) is 0 Å². The van der Waals surface area contributed by atoms with E-state index >= 15 is 0 Å². The maximum atomic E-state index is 13.4. The number of benzene rings is 3. The van der Waals surface area contributed by atoms with Crippen molar-refractivity contribution >= 4 is 29.8 Å². The highest BCUT2D eigenvalue weighted by Gasteiger charge is 2.54. The summed E-state index contributed by atoms with van der Waals surface area (Å²) in [5, 5.41) is 139. The first-order valence-electron chi connectivity index (χ1n) is 24.3. The predicted octanol–water partition coefficient (Wildman–Crippen LogP) is -0.860. The highest BCUT2D eigenvalue weighted by molar-refractivity contribution is 5.88. The Morgan fingerprint density at radius 3 is 1.76 bits per heavy atom. The minimum atomic E-state index is -2.15. The lowest BCUT2D eigenvalue weighted by molar-refractivity contribution is -0.363. The van der Waals surface area contributed by atoms with E-state index < -0.39 is 136 Å². The molecule has 0 saturated carbocycles. The van der Waals surface area contributed by atoms with Gasteiger partial charge in [0.15, 0.2) is 53.0 Å². The summed E-state index contributed by atoms with van der Waals surface area (Å²) in [6.07, 6.45) is -21.3. The molecule has 16 atom stereocenters. The van der Waals surface area contributed by atoms with Gasteiger partial charge in [0.2, 0.25) is 12.6 Å². The summed E-state index contributed by atoms with van der Waals surface area (Å²) in [4.78, 5) is 26.5. The number of aromatic hydroxyl groups is 3. The molecule has 0 radical (unpaired) electrons. The highest BCUT2D eigenvalue weighted by atomic mass is 16.8. The SMILES string of the molecule is COc1cc(C=CC(=O)OCC2OC(OC3=C(c4ccc(O)cc4)OC4C=C(O)C=C(OC5OC(CO)C(O)C(O)C5O)C4=C3)C(OC3OC(CO)C(O)C(O)C3OC(=O)C=Cc3ccc(O)c(OC)c3)C(O)C2O)ccc1O. The van der Waals surface area contributed by atoms with Crippen LogP contribution in [-0.4, -0.2) is 211 Å². The minimum absolute atomic E-state index is 0.00829. The van der Waals surface area contributed by atoms with Crippen LogP contribution in [0.5, 0.6) is 28.7 Å². The molecule has 0 spiro atoms. The van der Waals surface area contributed by atoms with Gasteiger partial charge in [0, 0.05) is 35.4 Å². The van der Waals surface area contributed by atoms with E-state index in [-0.39, 0.29) is 57.2 Å². The standard InChI is InChI=1S/C53H58O26/c1-69-33-15-23(3-11-29(33)58)5-13-39(60)71-22-38-43(64)46(67)50(79-53-49(45(66)42(63)37(21-55)76-53)78-40(61)14-6-24-4-12-30(59)34(16-24)70-2)52(77-38)74-35-19-28-31(72-48(35)25-7-9-26(56)10-8-25)17-27(57)18-32(28)73-51-47(68)44(65)41(62)36(20-54)75-51/h3-19,31,36-38,41-47,49-59,62-68H,20-22H2,1-2H3. The number of methoxy groups -OCH3 is 2. The lowest BCUT2D eigenvalue weighted by Crippen LogP contribution is -2.65. The number of aliphatic hydroxyl groups is 10. The molecule has 26 nitrogen and oxygen atoms in total. The lowest BCUT2D eigenvalue weighted by atomic mass is 9.95. The molecule has 3 aromatic carbocycles. The number of carbonyl (C=O) groups excluding carboxylic acids is 2. The van der Waals surface area contributed by atoms with Gasteiger partial charge in [-0.15, -0.1) is 0 Å². The van der Waals surface area contributed by atoms with Crippen molar-refractivity contribution in [3.05, 3.63) is 131 Å². The first-order valence-corrected chi connectivity index (χ1v) is 24.3. The molecular weight excluding hydrogens is 1050 g/mol. The zero-order valence-electron chi connectivity index (χ0n) is 41.8. The number of fused-ring (bicyclic) bond motifs is 1. The summed E-state index contributed by atoms with van der Waals surface area (Å²) in [5.74, 6) is -3.66. The fourth-order valence-corrected chi connectivity index (χ4v) is 8.76. The first-order chi connectivity index (χ1) is 37.8. The summed E-state index contributed by atoms with van der Waals surface area (Å²) in [6.45, 7) is -2.52. The number of phenols is 3. The van der Waals surface area contributed by atoms with Crippen molar-refractivity contribution < 1.29 is 128 Å². The Hall–Kier alpha value is -7.28. The number of phenolic OH excluding ortho intramolecular Hbond substituents is 3. The Morgan fingerprint density at radius 2 is 1.15 bits per heavy atom. The molecule has 0 aromatic heterocycles. The topological polar surface area (TPSA) is 399 Å². The van der Waals surface area contributed by atoms with Gasteiger partial charge in [-0.25, -0.2) is 9.59 Å². The third-order valence-electron chi connectivity index (χ3n) is 13.0. The number of esters is 2. The predicted molar refractivity (Wildman–Crippen MR) is 264 cm³/mol. The van der Waals surface area contributed by atoms with E-state index in [2.05, 4.69) is 0 Å². The van der Waals surface area contributed by atoms with Crippen molar-refractivity contribution in [3.63, 3.8) is 0 Å². The Balaban J connectivity index is 1.14. The number of hydrogen-bond donors (Lipinski definition) is 13. The van der Waals surface area contributed by atoms with Gasteiger partial charge in [0.25, 0.3) is 0 Å². The molecule has 5 aliphatic rings. The van der Waals surface area contributed by atoms with Crippen LogP contribution in [0.25, 0.3) is 17.9 Å². The smallest absolute Gasteiger partial charge is 0.331 e. The molecular formula is C53H58O26. The molecule has 3 saturated heterocycles. The highest BCUT2D eigenvalue weighted by Crippen LogP contribution is 2.41. The molecule has 16 unspecified atom stereocenters. The van der Waals surface area contributed by atoms with Gasteiger partial charge in [-0.3, -0.25) is 0 Å². The second-order valence-electron chi connectivity index (χ2n) is 18.3. The van der Waals surface area contributed by atoms with Crippen LogP contribution in [0.2, 0.25) is 0 Å². The lowest BCUT2D eigenvalue weighted by Gasteiger charge is -2.46. The van der Waals surface area contributed by atoms with Gasteiger partial charge < -0.3 is 118 Å². The third kappa shape index (κ3) is 13.1. The van der Waals surface area contributed by atoms with E-state index in [9.17, 15) is 76.0 Å². The third-order valence-corrected chi connectivity index (χ3v) is 13.0. The number of allylic oxidation sites excluding steroid dienone is 2. The number of hydrogen-bond acceptors (Lipinski definition) is 26. The van der Waals surface area contributed by atoms with Gasteiger partial charge in [-0.1, -0.05) is 12.1 Å². The van der Waals surface area contributed by atoms with Crippen LogP contribution in [0.15, 0.2) is 114 Å². The Morgan fingerprint density at radius 1 is 0.595 bits per heavy atom. The average molecular weight is 1110 g/mol. The molecule has 4 aliphatic heterocycles. The van der Waals surface area contributed by atoms with Crippen molar-refractivity contribution in [3.8, 4) is 28.7 Å². The molecule has 4 heterocycles. The van der Waals surface area contributed by atoms with Gasteiger partial charge >= 0.3 is 11.9 Å². The Labute approximate surface area is 448 Å². The van der Waals surface area contributed by atoms with Crippen LogP contribution in [0.3, 0.4) is 0 Å². The van der Waals surface area contributed by atoms with Gasteiger partial charge in [0.1, 0.15) is 91.0 Å². The normalized spacial score (nSPS) is 31.8. The van der Waals surface area contributed by atoms with E-state index in [0.29, 0.717) is 11.1 Å². The maximum Gasteiger partial charge on any atom is 0.331 e. The van der Waals surface area contributed by atoms with Crippen molar-refractivity contribution in [2.45, 2.75) is 98.2 Å². The van der Waals surface area contributed by atoms with Crippen LogP contribution in [-0.2, 0) is 52.2 Å². The minimum Gasteiger partial charge on any atom is -0.508 e. The summed E-state index contributed by atoms with van der Waals surface area (Å²) < 4.78 is 63.9. The Kier molecular flexibility index (Phi) is 18.5. The molecule has 3 fully saturated rings. The van der Waals surface area contributed by atoms with Crippen LogP contribution < -0.4 is 9.47 Å². The monoisotopic (exact) mass is 1110 g/mol. The first kappa shape index (κ1) is 57.9. The van der Waals surface area contributed by atoms with Crippen molar-refractivity contribution in [2.24, 2.45) is 0 Å².